The molecular weight excluding hydrogens is 364 g/mol. The van der Waals surface area contributed by atoms with Gasteiger partial charge in [-0.2, -0.15) is 0 Å². The van der Waals surface area contributed by atoms with E-state index in [1.165, 1.54) is 66.7 Å². The molecule has 7 nitrogen and oxygen atoms in total. The molecule has 0 aliphatic heterocycles. The highest BCUT2D eigenvalue weighted by Gasteiger charge is 2.17. The number of rotatable bonds is 5. The molecule has 0 heterocycles. The lowest BCUT2D eigenvalue weighted by molar-refractivity contribution is 0.0680. The summed E-state index contributed by atoms with van der Waals surface area (Å²) in [6.45, 7) is 0. The zero-order valence-electron chi connectivity index (χ0n) is 14.4. The van der Waals surface area contributed by atoms with Crippen molar-refractivity contribution in [3.05, 3.63) is 89.5 Å². The summed E-state index contributed by atoms with van der Waals surface area (Å²) < 4.78 is 10.3. The highest BCUT2D eigenvalue weighted by molar-refractivity contribution is 5.98. The maximum Gasteiger partial charge on any atom is 0.343 e. The summed E-state index contributed by atoms with van der Waals surface area (Å²) in [7, 11) is 0. The van der Waals surface area contributed by atoms with E-state index in [0.717, 1.165) is 0 Å². The number of aromatic hydroxyl groups is 1. The summed E-state index contributed by atoms with van der Waals surface area (Å²) in [5, 5.41) is 18.4. The third-order valence-corrected chi connectivity index (χ3v) is 3.70. The topological polar surface area (TPSA) is 110 Å². The minimum atomic E-state index is -1.23. The van der Waals surface area contributed by atoms with Gasteiger partial charge in [-0.15, -0.1) is 0 Å². The number of carbonyl (C=O) groups is 3. The van der Waals surface area contributed by atoms with Gasteiger partial charge in [0.2, 0.25) is 0 Å². The van der Waals surface area contributed by atoms with Crippen LogP contribution in [0.15, 0.2) is 72.8 Å². The Bertz CT molecular complexity index is 1040. The Hall–Kier alpha value is -4.13. The van der Waals surface area contributed by atoms with Gasteiger partial charge in [0.05, 0.1) is 11.1 Å². The first-order valence-corrected chi connectivity index (χ1v) is 8.10. The molecule has 0 aromatic heterocycles. The minimum Gasteiger partial charge on any atom is -0.508 e. The van der Waals surface area contributed by atoms with Crippen molar-refractivity contribution in [2.45, 2.75) is 0 Å². The smallest absolute Gasteiger partial charge is 0.343 e. The van der Waals surface area contributed by atoms with Gasteiger partial charge in [-0.05, 0) is 54.6 Å². The number of hydrogen-bond acceptors (Lipinski definition) is 6. The number of carbonyl (C=O) groups excluding carboxylic acids is 2. The molecule has 28 heavy (non-hydrogen) atoms. The van der Waals surface area contributed by atoms with Crippen molar-refractivity contribution in [3.63, 3.8) is 0 Å². The van der Waals surface area contributed by atoms with Gasteiger partial charge in [0, 0.05) is 0 Å². The van der Waals surface area contributed by atoms with Crippen LogP contribution in [0.3, 0.4) is 0 Å². The van der Waals surface area contributed by atoms with E-state index in [-0.39, 0.29) is 33.9 Å². The predicted octanol–water partition coefficient (Wildman–Crippen LogP) is 3.53. The quantitative estimate of drug-likeness (QED) is 0.516. The second-order valence-corrected chi connectivity index (χ2v) is 5.66. The van der Waals surface area contributed by atoms with Gasteiger partial charge in [0.25, 0.3) is 0 Å². The molecule has 3 aromatic rings. The van der Waals surface area contributed by atoms with E-state index in [0.29, 0.717) is 0 Å². The summed E-state index contributed by atoms with van der Waals surface area (Å²) in [5.74, 6) is -2.58. The fourth-order valence-corrected chi connectivity index (χ4v) is 2.34. The van der Waals surface area contributed by atoms with E-state index < -0.39 is 17.9 Å². The van der Waals surface area contributed by atoms with Crippen LogP contribution in [0.25, 0.3) is 0 Å². The van der Waals surface area contributed by atoms with Crippen LogP contribution in [-0.4, -0.2) is 28.1 Å². The zero-order valence-corrected chi connectivity index (χ0v) is 14.4. The van der Waals surface area contributed by atoms with Gasteiger partial charge >= 0.3 is 17.9 Å². The highest BCUT2D eigenvalue weighted by atomic mass is 16.5. The maximum absolute atomic E-state index is 12.4. The molecule has 0 fully saturated rings. The lowest BCUT2D eigenvalue weighted by Crippen LogP contribution is -2.14. The molecule has 0 unspecified atom stereocenters. The van der Waals surface area contributed by atoms with Crippen molar-refractivity contribution >= 4 is 17.9 Å². The summed E-state index contributed by atoms with van der Waals surface area (Å²) in [6.07, 6.45) is 0. The normalized spacial score (nSPS) is 10.1. The molecule has 3 rings (SSSR count). The van der Waals surface area contributed by atoms with Crippen LogP contribution in [0.5, 0.6) is 17.2 Å². The molecule has 0 spiro atoms. The lowest BCUT2D eigenvalue weighted by atomic mass is 10.1. The van der Waals surface area contributed by atoms with Crippen LogP contribution in [0.1, 0.15) is 31.1 Å². The van der Waals surface area contributed by atoms with Gasteiger partial charge in [0.15, 0.2) is 0 Å². The Morgan fingerprint density at radius 2 is 1.32 bits per heavy atom. The van der Waals surface area contributed by atoms with Gasteiger partial charge in [-0.25, -0.2) is 14.4 Å². The Balaban J connectivity index is 1.77. The Labute approximate surface area is 159 Å². The third-order valence-electron chi connectivity index (χ3n) is 3.70. The van der Waals surface area contributed by atoms with Crippen LogP contribution in [-0.2, 0) is 0 Å². The molecule has 0 saturated heterocycles. The van der Waals surface area contributed by atoms with E-state index in [1.807, 2.05) is 0 Å². The molecule has 0 aliphatic carbocycles. The number of benzene rings is 3. The highest BCUT2D eigenvalue weighted by Crippen LogP contribution is 2.21. The van der Waals surface area contributed by atoms with Crippen LogP contribution < -0.4 is 9.47 Å². The molecular formula is C21H14O7. The van der Waals surface area contributed by atoms with E-state index >= 15 is 0 Å². The largest absolute Gasteiger partial charge is 0.508 e. The first kappa shape index (κ1) is 18.7. The van der Waals surface area contributed by atoms with Gasteiger partial charge in [-0.3, -0.25) is 0 Å². The molecule has 7 heteroatoms. The van der Waals surface area contributed by atoms with Crippen LogP contribution in [0.2, 0.25) is 0 Å². The summed E-state index contributed by atoms with van der Waals surface area (Å²) >= 11 is 0. The van der Waals surface area contributed by atoms with Crippen molar-refractivity contribution < 1.29 is 34.1 Å². The maximum atomic E-state index is 12.4. The average Bonchev–Trinajstić information content (AvgIpc) is 2.70. The molecule has 0 saturated carbocycles. The average molecular weight is 378 g/mol. The number of para-hydroxylation sites is 1. The number of ether oxygens (including phenoxy) is 2. The Morgan fingerprint density at radius 3 is 1.96 bits per heavy atom. The number of carboxylic acid groups (broad SMARTS) is 1. The third kappa shape index (κ3) is 4.34. The number of phenolic OH excluding ortho intramolecular Hbond substituents is 1. The summed E-state index contributed by atoms with van der Waals surface area (Å²) in [6, 6.07) is 17.0. The zero-order chi connectivity index (χ0) is 20.1. The van der Waals surface area contributed by atoms with Gasteiger partial charge < -0.3 is 19.7 Å². The van der Waals surface area contributed by atoms with E-state index in [4.69, 9.17) is 14.6 Å². The fraction of sp³-hybridized carbons (Fsp3) is 0. The predicted molar refractivity (Wildman–Crippen MR) is 97.9 cm³/mol. The number of carboxylic acids is 1. The summed E-state index contributed by atoms with van der Waals surface area (Å²) in [5.41, 5.74) is 0.00753. The first-order chi connectivity index (χ1) is 13.4. The Kier molecular flexibility index (Phi) is 5.36. The number of aromatic carboxylic acids is 1. The molecule has 140 valence electrons. The molecule has 0 atom stereocenters. The van der Waals surface area contributed by atoms with Gasteiger partial charge in [0.1, 0.15) is 22.8 Å². The van der Waals surface area contributed by atoms with Crippen molar-refractivity contribution in [3.8, 4) is 17.2 Å². The number of esters is 2. The first-order valence-electron chi connectivity index (χ1n) is 8.10. The van der Waals surface area contributed by atoms with Crippen molar-refractivity contribution in [2.75, 3.05) is 0 Å². The number of hydrogen-bond donors (Lipinski definition) is 2. The van der Waals surface area contributed by atoms with E-state index in [2.05, 4.69) is 0 Å². The van der Waals surface area contributed by atoms with E-state index in [9.17, 15) is 19.5 Å². The molecule has 0 bridgehead atoms. The lowest BCUT2D eigenvalue weighted by Gasteiger charge is -2.08. The Morgan fingerprint density at radius 1 is 0.714 bits per heavy atom. The van der Waals surface area contributed by atoms with Crippen LogP contribution in [0, 0.1) is 0 Å². The number of phenols is 1. The molecule has 2 N–H and O–H groups in total. The van der Waals surface area contributed by atoms with Crippen LogP contribution >= 0.6 is 0 Å². The summed E-state index contributed by atoms with van der Waals surface area (Å²) in [4.78, 5) is 35.8. The van der Waals surface area contributed by atoms with E-state index in [1.54, 1.807) is 6.07 Å². The van der Waals surface area contributed by atoms with Gasteiger partial charge in [-0.1, -0.05) is 18.2 Å². The second-order valence-electron chi connectivity index (χ2n) is 5.66. The van der Waals surface area contributed by atoms with Crippen molar-refractivity contribution in [1.82, 2.24) is 0 Å². The van der Waals surface area contributed by atoms with Crippen molar-refractivity contribution in [2.24, 2.45) is 0 Å². The molecule has 0 aliphatic rings. The standard InChI is InChI=1S/C21H14O7/c22-15-8-10-16(11-9-15)27-20(25)13-4-3-5-14(12-13)21(26)28-18-7-2-1-6-17(18)19(23)24/h1-12,22H,(H,23,24). The molecule has 0 radical (unpaired) electrons. The van der Waals surface area contributed by atoms with Crippen LogP contribution in [0.4, 0.5) is 0 Å². The minimum absolute atomic E-state index is 0.0335. The SMILES string of the molecule is O=C(Oc1ccc(O)cc1)c1cccc(C(=O)Oc2ccccc2C(=O)O)c1. The monoisotopic (exact) mass is 378 g/mol. The van der Waals surface area contributed by atoms with Crippen molar-refractivity contribution in [1.29, 1.82) is 0 Å². The fourth-order valence-electron chi connectivity index (χ4n) is 2.34. The second kappa shape index (κ2) is 8.05. The molecule has 0 amide bonds. The molecule has 3 aromatic carbocycles.